The van der Waals surface area contributed by atoms with Crippen LogP contribution in [0.5, 0.6) is 5.75 Å². The van der Waals surface area contributed by atoms with Crippen LogP contribution in [0.1, 0.15) is 121 Å². The van der Waals surface area contributed by atoms with Crippen LogP contribution in [-0.4, -0.2) is 95.1 Å². The second-order valence-corrected chi connectivity index (χ2v) is 21.9. The van der Waals surface area contributed by atoms with Gasteiger partial charge in [-0.25, -0.2) is 4.98 Å². The van der Waals surface area contributed by atoms with E-state index in [1.807, 2.05) is 76.5 Å². The molecule has 1 saturated carbocycles. The summed E-state index contributed by atoms with van der Waals surface area (Å²) in [7, 11) is 0. The Hall–Kier alpha value is -5.33. The van der Waals surface area contributed by atoms with Gasteiger partial charge in [-0.05, 0) is 85.0 Å². The van der Waals surface area contributed by atoms with E-state index in [1.165, 1.54) is 4.90 Å². The number of unbranched alkanes of at least 4 members (excludes halogenated alkanes) is 2. The van der Waals surface area contributed by atoms with Crippen LogP contribution in [0.2, 0.25) is 5.02 Å². The summed E-state index contributed by atoms with van der Waals surface area (Å²) in [5.74, 6) is -0.608. The normalized spacial score (nSPS) is 20.4. The van der Waals surface area contributed by atoms with E-state index in [-0.39, 0.29) is 66.6 Å². The predicted octanol–water partition coefficient (Wildman–Crippen LogP) is 9.11. The summed E-state index contributed by atoms with van der Waals surface area (Å²) < 4.78 is 12.1. The average Bonchev–Trinajstić information content (AvgIpc) is 3.91. The first-order chi connectivity index (χ1) is 32.1. The molecule has 1 saturated heterocycles. The molecule has 3 aromatic carbocycles. The number of anilines is 1. The molecule has 1 aliphatic carbocycles. The number of nitrogens with one attached hydrogen (secondary N) is 3. The van der Waals surface area contributed by atoms with E-state index in [4.69, 9.17) is 21.1 Å². The topological polar surface area (TPSA) is 183 Å². The Labute approximate surface area is 410 Å². The van der Waals surface area contributed by atoms with E-state index in [9.17, 15) is 29.5 Å². The number of aryl methyl sites for hydroxylation is 1. The van der Waals surface area contributed by atoms with Gasteiger partial charge in [-0.2, -0.15) is 5.26 Å². The average molecular weight is 968 g/mol. The number of ketones is 1. The van der Waals surface area contributed by atoms with E-state index in [0.29, 0.717) is 35.1 Å². The van der Waals surface area contributed by atoms with Crippen molar-refractivity contribution in [2.24, 2.45) is 16.2 Å². The number of aliphatic hydroxyl groups is 1. The number of halogens is 1. The zero-order valence-electron chi connectivity index (χ0n) is 40.8. The van der Waals surface area contributed by atoms with Gasteiger partial charge in [-0.15, -0.1) is 11.3 Å². The van der Waals surface area contributed by atoms with Crippen LogP contribution in [0.25, 0.3) is 10.4 Å². The van der Waals surface area contributed by atoms with Gasteiger partial charge in [-0.1, -0.05) is 91.3 Å². The summed E-state index contributed by atoms with van der Waals surface area (Å²) in [6.45, 7) is 18.7. The molecular formula is C53H67ClN6O7S. The third-order valence-corrected chi connectivity index (χ3v) is 14.7. The maximum atomic E-state index is 14.1. The number of rotatable bonds is 20. The SMILES string of the molecule is Cc1ncsc1-c1ccc([C@H](C)CC(=O)[C@@H]2C[C@@H](O)CN2C(=O)[C@H](NC(=O)COCCCCCNc2ccc(C(=O)NC3C(C)(C)C(Oc4ccc(C#N)c(Cl)c4)C3(C)C)cc2)C(C)(C)C)cc1. The zero-order chi connectivity index (χ0) is 49.6. The molecular weight excluding hydrogens is 900 g/mol. The molecule has 4 atom stereocenters. The molecule has 6 rings (SSSR count). The number of amides is 3. The lowest BCUT2D eigenvalue weighted by molar-refractivity contribution is -0.164. The third kappa shape index (κ3) is 12.3. The van der Waals surface area contributed by atoms with Crippen LogP contribution < -0.4 is 20.7 Å². The highest BCUT2D eigenvalue weighted by Gasteiger charge is 2.64. The molecule has 0 bridgehead atoms. The van der Waals surface area contributed by atoms with Gasteiger partial charge >= 0.3 is 0 Å². The highest BCUT2D eigenvalue weighted by atomic mass is 35.5. The molecule has 13 nitrogen and oxygen atoms in total. The number of likely N-dealkylation sites (tertiary alicyclic amines) is 1. The standard InChI is InChI=1S/C53H67ClN6O7S/c1-32(34-13-15-35(16-14-34)45-33(2)57-31-68-45)25-43(62)42-26-39(61)29-60(42)48(65)46(51(3,4)5)58-44(63)30-66-24-12-10-11-23-56-38-20-17-36(18-21-38)47(64)59-49-52(6,7)50(53(49,8)9)67-40-22-19-37(28-55)41(54)27-40/h13-22,27,31-32,39,42,46,49-50,56,61H,10-12,23-26,29-30H2,1-9H3,(H,58,63)(H,59,64)/t32-,39-,42+,46+,49?,50?/m1/s1. The number of nitriles is 1. The molecule has 68 heavy (non-hydrogen) atoms. The van der Waals surface area contributed by atoms with Crippen LogP contribution in [0.15, 0.2) is 72.2 Å². The van der Waals surface area contributed by atoms with Crippen molar-refractivity contribution in [2.75, 3.05) is 31.6 Å². The first kappa shape index (κ1) is 52.0. The van der Waals surface area contributed by atoms with Crippen LogP contribution in [0.4, 0.5) is 5.69 Å². The molecule has 4 aromatic rings. The lowest BCUT2D eigenvalue weighted by atomic mass is 9.49. The Morgan fingerprint density at radius 3 is 2.31 bits per heavy atom. The smallest absolute Gasteiger partial charge is 0.251 e. The van der Waals surface area contributed by atoms with Crippen molar-refractivity contribution in [3.63, 3.8) is 0 Å². The minimum Gasteiger partial charge on any atom is -0.489 e. The van der Waals surface area contributed by atoms with Crippen molar-refractivity contribution in [1.29, 1.82) is 5.26 Å². The van der Waals surface area contributed by atoms with Crippen molar-refractivity contribution in [2.45, 2.75) is 131 Å². The van der Waals surface area contributed by atoms with Gasteiger partial charge in [-0.3, -0.25) is 19.2 Å². The predicted molar refractivity (Wildman–Crippen MR) is 267 cm³/mol. The maximum Gasteiger partial charge on any atom is 0.251 e. The molecule has 2 heterocycles. The van der Waals surface area contributed by atoms with E-state index < -0.39 is 35.4 Å². The summed E-state index contributed by atoms with van der Waals surface area (Å²) in [5, 5.41) is 29.7. The number of aromatic nitrogens is 1. The number of nitrogens with zero attached hydrogens (tertiary/aromatic N) is 3. The molecule has 0 spiro atoms. The maximum absolute atomic E-state index is 14.1. The van der Waals surface area contributed by atoms with Crippen LogP contribution in [0, 0.1) is 34.5 Å². The largest absolute Gasteiger partial charge is 0.489 e. The van der Waals surface area contributed by atoms with Gasteiger partial charge in [0, 0.05) is 66.7 Å². The fourth-order valence-electron chi connectivity index (χ4n) is 9.93. The monoisotopic (exact) mass is 966 g/mol. The van der Waals surface area contributed by atoms with Gasteiger partial charge < -0.3 is 35.4 Å². The van der Waals surface area contributed by atoms with E-state index in [2.05, 4.69) is 54.7 Å². The van der Waals surface area contributed by atoms with E-state index >= 15 is 0 Å². The molecule has 2 aliphatic rings. The van der Waals surface area contributed by atoms with Crippen LogP contribution >= 0.6 is 22.9 Å². The number of carbonyl (C=O) groups is 4. The third-order valence-electron chi connectivity index (χ3n) is 13.5. The number of Topliss-reactive ketones (excluding diaryl/α,β-unsaturated/α-hetero) is 1. The highest BCUT2D eigenvalue weighted by molar-refractivity contribution is 7.13. The zero-order valence-corrected chi connectivity index (χ0v) is 42.4. The van der Waals surface area contributed by atoms with Gasteiger partial charge in [0.05, 0.1) is 38.8 Å². The Morgan fingerprint density at radius 2 is 1.69 bits per heavy atom. The summed E-state index contributed by atoms with van der Waals surface area (Å²) >= 11 is 7.83. The number of thiazole rings is 1. The Balaban J connectivity index is 0.887. The Morgan fingerprint density at radius 1 is 1.00 bits per heavy atom. The first-order valence-electron chi connectivity index (χ1n) is 23.5. The molecule has 1 aromatic heterocycles. The Bertz CT molecular complexity index is 2440. The van der Waals surface area contributed by atoms with Crippen molar-refractivity contribution in [1.82, 2.24) is 20.5 Å². The summed E-state index contributed by atoms with van der Waals surface area (Å²) in [6.07, 6.45) is 1.79. The quantitative estimate of drug-likeness (QED) is 0.0624. The number of carbonyl (C=O) groups excluding carboxylic acids is 4. The number of benzene rings is 3. The number of β-amino-alcohol motifs (C(OH)–C–C–N with tert-alkyl or cyclic N) is 1. The first-order valence-corrected chi connectivity index (χ1v) is 24.8. The number of ether oxygens (including phenoxy) is 2. The molecule has 15 heteroatoms. The van der Waals surface area contributed by atoms with Gasteiger partial charge in [0.15, 0.2) is 5.78 Å². The molecule has 0 radical (unpaired) electrons. The Kier molecular flexibility index (Phi) is 16.8. The van der Waals surface area contributed by atoms with Crippen molar-refractivity contribution in [3.05, 3.63) is 99.6 Å². The van der Waals surface area contributed by atoms with Crippen LogP contribution in [-0.2, 0) is 19.1 Å². The molecule has 2 fully saturated rings. The van der Waals surface area contributed by atoms with Gasteiger partial charge in [0.1, 0.15) is 30.6 Å². The van der Waals surface area contributed by atoms with E-state index in [0.717, 1.165) is 46.6 Å². The highest BCUT2D eigenvalue weighted by Crippen LogP contribution is 2.55. The minimum atomic E-state index is -0.924. The fourth-order valence-corrected chi connectivity index (χ4v) is 11.0. The second-order valence-electron chi connectivity index (χ2n) is 20.6. The molecule has 1 aliphatic heterocycles. The molecule has 0 unspecified atom stereocenters. The lowest BCUT2D eigenvalue weighted by Crippen LogP contribution is -2.74. The summed E-state index contributed by atoms with van der Waals surface area (Å²) in [5.41, 5.74) is 5.31. The van der Waals surface area contributed by atoms with Gasteiger partial charge in [0.2, 0.25) is 11.8 Å². The van der Waals surface area contributed by atoms with E-state index in [1.54, 1.807) is 41.7 Å². The van der Waals surface area contributed by atoms with Crippen molar-refractivity contribution >= 4 is 52.1 Å². The fraction of sp³-hybridized carbons (Fsp3) is 0.509. The molecule has 364 valence electrons. The number of hydrogen-bond donors (Lipinski definition) is 4. The van der Waals surface area contributed by atoms with Crippen molar-refractivity contribution < 1.29 is 33.8 Å². The van der Waals surface area contributed by atoms with Crippen LogP contribution in [0.3, 0.4) is 0 Å². The summed E-state index contributed by atoms with van der Waals surface area (Å²) in [4.78, 5) is 61.2. The number of hydrogen-bond acceptors (Lipinski definition) is 11. The number of aliphatic hydroxyl groups excluding tert-OH is 1. The second kappa shape index (κ2) is 22.0. The van der Waals surface area contributed by atoms with Crippen molar-refractivity contribution in [3.8, 4) is 22.3 Å². The lowest BCUT2D eigenvalue weighted by Gasteiger charge is -2.63. The molecule has 4 N–H and O–H groups in total. The summed E-state index contributed by atoms with van der Waals surface area (Å²) in [6, 6.07) is 20.8. The minimum absolute atomic E-state index is 0.0265. The molecule has 3 amide bonds. The van der Waals surface area contributed by atoms with Gasteiger partial charge in [0.25, 0.3) is 5.91 Å².